The summed E-state index contributed by atoms with van der Waals surface area (Å²) >= 11 is 1.04. The summed E-state index contributed by atoms with van der Waals surface area (Å²) in [5.41, 5.74) is -2.56. The van der Waals surface area contributed by atoms with Crippen LogP contribution in [0.4, 0.5) is 23.1 Å². The Labute approximate surface area is 160 Å². The van der Waals surface area contributed by atoms with E-state index in [1.807, 2.05) is 0 Å². The number of anilines is 1. The molecule has 1 N–H and O–H groups in total. The van der Waals surface area contributed by atoms with Crippen LogP contribution in [-0.4, -0.2) is 26.7 Å². The summed E-state index contributed by atoms with van der Waals surface area (Å²) in [6.45, 7) is 3.50. The van der Waals surface area contributed by atoms with Gasteiger partial charge in [0.2, 0.25) is 0 Å². The molecule has 28 heavy (non-hydrogen) atoms. The lowest BCUT2D eigenvalue weighted by Crippen LogP contribution is -2.37. The van der Waals surface area contributed by atoms with Gasteiger partial charge in [-0.15, -0.1) is 0 Å². The fourth-order valence-electron chi connectivity index (χ4n) is 2.31. The van der Waals surface area contributed by atoms with Gasteiger partial charge in [0.05, 0.1) is 10.6 Å². The van der Waals surface area contributed by atoms with Crippen LogP contribution in [0.2, 0.25) is 0 Å². The minimum Gasteiger partial charge on any atom is -0.427 e. The van der Waals surface area contributed by atoms with Crippen LogP contribution in [0.25, 0.3) is 10.4 Å². The minimum atomic E-state index is -4.60. The molecule has 0 spiro atoms. The van der Waals surface area contributed by atoms with Crippen molar-refractivity contribution in [3.05, 3.63) is 52.7 Å². The molecule has 0 fully saturated rings. The van der Waals surface area contributed by atoms with Gasteiger partial charge in [0, 0.05) is 24.0 Å². The van der Waals surface area contributed by atoms with E-state index in [0.717, 1.165) is 31.3 Å². The van der Waals surface area contributed by atoms with E-state index in [-0.39, 0.29) is 10.7 Å². The van der Waals surface area contributed by atoms with E-state index in [2.05, 4.69) is 15.3 Å². The van der Waals surface area contributed by atoms with Crippen molar-refractivity contribution in [3.63, 3.8) is 0 Å². The maximum atomic E-state index is 13.3. The number of aryl methyl sites for hydroxylation is 1. The molecule has 0 saturated heterocycles. The maximum Gasteiger partial charge on any atom is 0.400 e. The van der Waals surface area contributed by atoms with E-state index < -0.39 is 29.0 Å². The number of hydrogen-bond acceptors (Lipinski definition) is 6. The summed E-state index contributed by atoms with van der Waals surface area (Å²) < 4.78 is 46.0. The first-order valence-electron chi connectivity index (χ1n) is 7.98. The molecule has 3 heterocycles. The van der Waals surface area contributed by atoms with Crippen molar-refractivity contribution in [1.29, 1.82) is 0 Å². The van der Waals surface area contributed by atoms with Gasteiger partial charge in [-0.2, -0.15) is 13.2 Å². The molecular formula is C17H15F3N4O3S. The fourth-order valence-corrected chi connectivity index (χ4v) is 3.25. The monoisotopic (exact) mass is 412 g/mol. The zero-order valence-electron chi connectivity index (χ0n) is 15.0. The predicted octanol–water partition coefficient (Wildman–Crippen LogP) is 4.19. The molecule has 0 radical (unpaired) electrons. The average molecular weight is 412 g/mol. The third-order valence-corrected chi connectivity index (χ3v) is 5.23. The number of imidazole rings is 1. The Kier molecular flexibility index (Phi) is 4.88. The number of aromatic nitrogens is 3. The minimum absolute atomic E-state index is 0.232. The van der Waals surface area contributed by atoms with Gasteiger partial charge in [0.15, 0.2) is 5.13 Å². The van der Waals surface area contributed by atoms with Crippen LogP contribution in [0, 0.1) is 6.92 Å². The molecule has 0 aromatic carbocycles. The third-order valence-electron chi connectivity index (χ3n) is 4.11. The van der Waals surface area contributed by atoms with Crippen molar-refractivity contribution in [3.8, 4) is 10.4 Å². The van der Waals surface area contributed by atoms with E-state index in [1.54, 1.807) is 6.92 Å². The summed E-state index contributed by atoms with van der Waals surface area (Å²) in [4.78, 5) is 32.4. The van der Waals surface area contributed by atoms with Gasteiger partial charge in [-0.1, -0.05) is 11.3 Å². The van der Waals surface area contributed by atoms with Crippen LogP contribution in [0.3, 0.4) is 0 Å². The summed E-state index contributed by atoms with van der Waals surface area (Å²) in [5.74, 6) is -0.501. The number of rotatable bonds is 3. The van der Waals surface area contributed by atoms with Gasteiger partial charge >= 0.3 is 17.8 Å². The molecule has 7 nitrogen and oxygen atoms in total. The second-order valence-electron chi connectivity index (χ2n) is 6.49. The van der Waals surface area contributed by atoms with Crippen LogP contribution in [0.1, 0.15) is 25.3 Å². The Hall–Kier alpha value is -2.95. The van der Waals surface area contributed by atoms with Crippen molar-refractivity contribution in [1.82, 2.24) is 14.5 Å². The van der Waals surface area contributed by atoms with Gasteiger partial charge in [0.25, 0.3) is 0 Å². The first-order valence-corrected chi connectivity index (χ1v) is 8.80. The number of halogens is 3. The van der Waals surface area contributed by atoms with Gasteiger partial charge in [-0.25, -0.2) is 19.6 Å². The first-order chi connectivity index (χ1) is 13.0. The molecular weight excluding hydrogens is 397 g/mol. The molecule has 1 amide bonds. The molecule has 0 atom stereocenters. The average Bonchev–Trinajstić information content (AvgIpc) is 3.23. The van der Waals surface area contributed by atoms with Gasteiger partial charge in [-0.3, -0.25) is 9.88 Å². The van der Waals surface area contributed by atoms with Crippen LogP contribution < -0.4 is 10.9 Å². The Morgan fingerprint density at radius 2 is 2.00 bits per heavy atom. The maximum absolute atomic E-state index is 13.3. The molecule has 0 aliphatic rings. The molecule has 0 saturated carbocycles. The highest BCUT2D eigenvalue weighted by molar-refractivity contribution is 7.19. The van der Waals surface area contributed by atoms with E-state index in [9.17, 15) is 22.8 Å². The lowest BCUT2D eigenvalue weighted by Gasteiger charge is -2.26. The van der Waals surface area contributed by atoms with Crippen molar-refractivity contribution in [2.75, 3.05) is 5.32 Å². The van der Waals surface area contributed by atoms with Gasteiger partial charge in [-0.05, 0) is 26.8 Å². The molecule has 3 aromatic rings. The second-order valence-corrected chi connectivity index (χ2v) is 7.48. The van der Waals surface area contributed by atoms with Gasteiger partial charge < -0.3 is 4.42 Å². The normalized spacial score (nSPS) is 12.2. The Morgan fingerprint density at radius 3 is 2.61 bits per heavy atom. The molecule has 0 bridgehead atoms. The smallest absolute Gasteiger partial charge is 0.400 e. The van der Waals surface area contributed by atoms with Crippen LogP contribution >= 0.6 is 11.3 Å². The number of thiazole rings is 1. The highest BCUT2D eigenvalue weighted by Crippen LogP contribution is 2.41. The zero-order valence-corrected chi connectivity index (χ0v) is 15.8. The standard InChI is InChI=1S/C17H15F3N4O3S/c1-9-13(28-14(22-9)23-15(26)24-5-4-21-8-24)10-6-11(27-12(25)7-10)16(2,3)17(18,19)20/h4-8H,1-3H3,(H,22,23,26). The molecule has 0 aliphatic heterocycles. The second kappa shape index (κ2) is 6.89. The number of nitrogens with zero attached hydrogens (tertiary/aromatic N) is 3. The number of carbonyl (C=O) groups is 1. The zero-order chi connectivity index (χ0) is 20.7. The molecule has 3 aromatic heterocycles. The molecule has 3 rings (SSSR count). The first kappa shape index (κ1) is 19.8. The van der Waals surface area contributed by atoms with Crippen molar-refractivity contribution in [2.45, 2.75) is 32.4 Å². The predicted molar refractivity (Wildman–Crippen MR) is 96.5 cm³/mol. The number of hydrogen-bond donors (Lipinski definition) is 1. The number of alkyl halides is 3. The van der Waals surface area contributed by atoms with E-state index in [4.69, 9.17) is 4.42 Å². The lowest BCUT2D eigenvalue weighted by molar-refractivity contribution is -0.185. The summed E-state index contributed by atoms with van der Waals surface area (Å²) in [6, 6.07) is 1.78. The number of carbonyl (C=O) groups excluding carboxylic acids is 1. The van der Waals surface area contributed by atoms with Crippen LogP contribution in [0.5, 0.6) is 0 Å². The third kappa shape index (κ3) is 3.70. The molecule has 148 valence electrons. The van der Waals surface area contributed by atoms with E-state index in [1.165, 1.54) is 29.4 Å². The Bertz CT molecular complexity index is 1070. The van der Waals surface area contributed by atoms with Gasteiger partial charge in [0.1, 0.15) is 17.5 Å². The van der Waals surface area contributed by atoms with E-state index in [0.29, 0.717) is 10.6 Å². The SMILES string of the molecule is Cc1nc(NC(=O)n2ccnc2)sc1-c1cc(C(C)(C)C(F)(F)F)oc(=O)c1. The number of nitrogens with one attached hydrogen (secondary N) is 1. The summed E-state index contributed by atoms with van der Waals surface area (Å²) in [5, 5.41) is 2.80. The van der Waals surface area contributed by atoms with Crippen molar-refractivity contribution < 1.29 is 22.4 Å². The summed E-state index contributed by atoms with van der Waals surface area (Å²) in [6.07, 6.45) is -0.408. The lowest BCUT2D eigenvalue weighted by atomic mass is 9.88. The quantitative estimate of drug-likeness (QED) is 0.697. The fraction of sp³-hybridized carbons (Fsp3) is 0.294. The summed E-state index contributed by atoms with van der Waals surface area (Å²) in [7, 11) is 0. The largest absolute Gasteiger partial charge is 0.427 e. The highest BCUT2D eigenvalue weighted by Gasteiger charge is 2.50. The topological polar surface area (TPSA) is 90.0 Å². The Morgan fingerprint density at radius 1 is 1.29 bits per heavy atom. The van der Waals surface area contributed by atoms with Crippen molar-refractivity contribution in [2.24, 2.45) is 0 Å². The molecule has 11 heteroatoms. The molecule has 0 unspecified atom stereocenters. The highest BCUT2D eigenvalue weighted by atomic mass is 32.1. The molecule has 0 aliphatic carbocycles. The van der Waals surface area contributed by atoms with Crippen LogP contribution in [0.15, 0.2) is 40.1 Å². The Balaban J connectivity index is 1.97. The van der Waals surface area contributed by atoms with Crippen molar-refractivity contribution >= 4 is 22.5 Å². The number of amides is 1. The van der Waals surface area contributed by atoms with E-state index >= 15 is 0 Å². The van der Waals surface area contributed by atoms with Crippen LogP contribution in [-0.2, 0) is 5.41 Å².